The van der Waals surface area contributed by atoms with E-state index in [1.54, 1.807) is 0 Å². The summed E-state index contributed by atoms with van der Waals surface area (Å²) in [5.41, 5.74) is 23.2. The van der Waals surface area contributed by atoms with Crippen molar-refractivity contribution in [1.29, 1.82) is 0 Å². The molecule has 4 heteroatoms. The van der Waals surface area contributed by atoms with Crippen LogP contribution in [0.1, 0.15) is 145 Å². The van der Waals surface area contributed by atoms with Crippen LogP contribution in [0, 0.1) is 20.8 Å². The number of hydrogen-bond acceptors (Lipinski definition) is 2. The number of nitrogens with one attached hydrogen (secondary N) is 2. The van der Waals surface area contributed by atoms with Crippen molar-refractivity contribution in [3.8, 4) is 33.4 Å². The Morgan fingerprint density at radius 3 is 1.02 bits per heavy atom. The van der Waals surface area contributed by atoms with E-state index in [4.69, 9.17) is 9.97 Å². The zero-order chi connectivity index (χ0) is 44.0. The van der Waals surface area contributed by atoms with Crippen molar-refractivity contribution in [2.45, 2.75) is 126 Å². The molecule has 312 valence electrons. The zero-order valence-corrected chi connectivity index (χ0v) is 39.2. The number of benzene rings is 3. The molecule has 3 aromatic carbocycles. The van der Waals surface area contributed by atoms with Gasteiger partial charge in [-0.25, -0.2) is 9.97 Å². The molecule has 0 spiro atoms. The van der Waals surface area contributed by atoms with E-state index in [0.717, 1.165) is 72.7 Å². The molecular formula is C57H64N4. The van der Waals surface area contributed by atoms with Gasteiger partial charge in [0.1, 0.15) is 0 Å². The third kappa shape index (κ3) is 8.22. The lowest BCUT2D eigenvalue weighted by Gasteiger charge is -2.26. The molecule has 3 aromatic heterocycles. The predicted octanol–water partition coefficient (Wildman–Crippen LogP) is 15.8. The van der Waals surface area contributed by atoms with Crippen molar-refractivity contribution in [2.24, 2.45) is 0 Å². The second-order valence-corrected chi connectivity index (χ2v) is 21.7. The molecule has 0 fully saturated rings. The maximum atomic E-state index is 5.62. The van der Waals surface area contributed by atoms with Crippen molar-refractivity contribution in [3.63, 3.8) is 0 Å². The molecule has 0 saturated carbocycles. The number of H-pyrrole nitrogens is 2. The van der Waals surface area contributed by atoms with Gasteiger partial charge in [-0.15, -0.1) is 0 Å². The van der Waals surface area contributed by atoms with Crippen LogP contribution in [0.3, 0.4) is 0 Å². The Labute approximate surface area is 364 Å². The second-order valence-electron chi connectivity index (χ2n) is 21.7. The predicted molar refractivity (Wildman–Crippen MR) is 264 cm³/mol. The van der Waals surface area contributed by atoms with Gasteiger partial charge in [0.15, 0.2) is 0 Å². The van der Waals surface area contributed by atoms with Gasteiger partial charge in [-0.3, -0.25) is 0 Å². The summed E-state index contributed by atoms with van der Waals surface area (Å²) in [7, 11) is 0. The normalized spacial score (nSPS) is 13.4. The SMILES string of the molecule is Cc1cc(C)c(-c2c3nc(c(-c4cc(C(C)(C)C)cc(C(C)(C)C)c4)c4ccc(cc5ccc([nH]5)c(-c5cc(C(C)(C)C)cc(C(C)(C)C)c5)c5nc2C=C5)[nH]4)C=C3)c(C)c1. The van der Waals surface area contributed by atoms with Gasteiger partial charge >= 0.3 is 0 Å². The van der Waals surface area contributed by atoms with Gasteiger partial charge in [-0.2, -0.15) is 0 Å². The Morgan fingerprint density at radius 2 is 0.689 bits per heavy atom. The maximum absolute atomic E-state index is 5.62. The van der Waals surface area contributed by atoms with Crippen molar-refractivity contribution in [1.82, 2.24) is 19.9 Å². The number of aromatic amines is 2. The lowest BCUT2D eigenvalue weighted by Crippen LogP contribution is -2.16. The molecule has 0 atom stereocenters. The summed E-state index contributed by atoms with van der Waals surface area (Å²) in [6, 6.07) is 29.8. The number of rotatable bonds is 3. The molecule has 4 nitrogen and oxygen atoms in total. The minimum atomic E-state index is -0.0413. The smallest absolute Gasteiger partial charge is 0.0738 e. The van der Waals surface area contributed by atoms with Gasteiger partial charge in [0, 0.05) is 38.8 Å². The summed E-state index contributed by atoms with van der Waals surface area (Å²) in [6.45, 7) is 34.2. The van der Waals surface area contributed by atoms with E-state index in [-0.39, 0.29) is 21.7 Å². The van der Waals surface area contributed by atoms with Crippen molar-refractivity contribution in [2.75, 3.05) is 0 Å². The van der Waals surface area contributed by atoms with Crippen molar-refractivity contribution in [3.05, 3.63) is 141 Å². The van der Waals surface area contributed by atoms with E-state index in [1.165, 1.54) is 44.5 Å². The summed E-state index contributed by atoms with van der Waals surface area (Å²) in [4.78, 5) is 18.9. The number of fused-ring (bicyclic) bond motifs is 8. The van der Waals surface area contributed by atoms with Crippen molar-refractivity contribution < 1.29 is 0 Å². The van der Waals surface area contributed by atoms with Gasteiger partial charge in [0.05, 0.1) is 22.8 Å². The van der Waals surface area contributed by atoms with E-state index >= 15 is 0 Å². The minimum Gasteiger partial charge on any atom is -0.355 e. The quantitative estimate of drug-likeness (QED) is 0.187. The highest BCUT2D eigenvalue weighted by atomic mass is 14.8. The molecule has 2 N–H and O–H groups in total. The van der Waals surface area contributed by atoms with Crippen LogP contribution in [0.4, 0.5) is 0 Å². The second kappa shape index (κ2) is 14.7. The molecule has 2 aliphatic heterocycles. The molecular weight excluding hydrogens is 741 g/mol. The number of aromatic nitrogens is 4. The average Bonchev–Trinajstić information content (AvgIpc) is 3.98. The summed E-state index contributed by atoms with van der Waals surface area (Å²) in [6.07, 6.45) is 8.81. The third-order valence-corrected chi connectivity index (χ3v) is 12.4. The number of aryl methyl sites for hydroxylation is 3. The van der Waals surface area contributed by atoms with Crippen LogP contribution < -0.4 is 0 Å². The van der Waals surface area contributed by atoms with E-state index in [9.17, 15) is 0 Å². The summed E-state index contributed by atoms with van der Waals surface area (Å²) >= 11 is 0. The highest BCUT2D eigenvalue weighted by Gasteiger charge is 2.26. The molecule has 2 aliphatic rings. The van der Waals surface area contributed by atoms with Gasteiger partial charge in [-0.1, -0.05) is 137 Å². The van der Waals surface area contributed by atoms with Crippen LogP contribution in [0.2, 0.25) is 0 Å². The first kappa shape index (κ1) is 42.0. The molecule has 0 aliphatic carbocycles. The molecule has 0 unspecified atom stereocenters. The Bertz CT molecular complexity index is 2710. The molecule has 8 bridgehead atoms. The zero-order valence-electron chi connectivity index (χ0n) is 39.2. The summed E-state index contributed by atoms with van der Waals surface area (Å²) < 4.78 is 0. The molecule has 0 saturated heterocycles. The standard InChI is InChI=1S/C57H64N4/c1-33-24-34(2)50(35(3)25-33)53-48-22-20-46(60-48)51(36-26-38(54(4,5)6)30-39(27-36)55(7,8)9)44-18-16-42(58-44)32-43-17-19-45(59-43)52(47-21-23-49(53)61-47)37-28-40(56(10,11)12)31-41(29-37)57(13,14)15/h16-32,58-59H,1-15H3. The van der Waals surface area contributed by atoms with Crippen LogP contribution in [-0.2, 0) is 21.7 Å². The Morgan fingerprint density at radius 1 is 0.361 bits per heavy atom. The van der Waals surface area contributed by atoms with Gasteiger partial charge in [-0.05, 0) is 147 Å². The Balaban J connectivity index is 1.55. The van der Waals surface area contributed by atoms with E-state index in [0.29, 0.717) is 0 Å². The highest BCUT2D eigenvalue weighted by molar-refractivity contribution is 5.97. The van der Waals surface area contributed by atoms with E-state index < -0.39 is 0 Å². The molecule has 5 heterocycles. The van der Waals surface area contributed by atoms with Crippen LogP contribution >= 0.6 is 0 Å². The van der Waals surface area contributed by atoms with Gasteiger partial charge in [0.2, 0.25) is 0 Å². The summed E-state index contributed by atoms with van der Waals surface area (Å²) in [5, 5.41) is 0. The van der Waals surface area contributed by atoms with E-state index in [1.807, 2.05) is 0 Å². The van der Waals surface area contributed by atoms with Gasteiger partial charge < -0.3 is 9.97 Å². The van der Waals surface area contributed by atoms with Crippen molar-refractivity contribution >= 4 is 46.4 Å². The van der Waals surface area contributed by atoms with Crippen LogP contribution in [0.15, 0.2) is 78.9 Å². The summed E-state index contributed by atoms with van der Waals surface area (Å²) in [5.74, 6) is 0. The fourth-order valence-electron chi connectivity index (χ4n) is 8.85. The first-order chi connectivity index (χ1) is 28.4. The Kier molecular flexibility index (Phi) is 10.1. The van der Waals surface area contributed by atoms with Crippen LogP contribution in [-0.4, -0.2) is 19.9 Å². The molecule has 61 heavy (non-hydrogen) atoms. The molecule has 6 aromatic rings. The first-order valence-electron chi connectivity index (χ1n) is 22.0. The topological polar surface area (TPSA) is 57.4 Å². The number of hydrogen-bond donors (Lipinski definition) is 2. The lowest BCUT2D eigenvalue weighted by molar-refractivity contribution is 0.568. The fraction of sp³-hybridized carbons (Fsp3) is 0.333. The third-order valence-electron chi connectivity index (χ3n) is 12.4. The molecule has 8 rings (SSSR count). The van der Waals surface area contributed by atoms with Crippen LogP contribution in [0.5, 0.6) is 0 Å². The first-order valence-corrected chi connectivity index (χ1v) is 22.0. The fourth-order valence-corrected chi connectivity index (χ4v) is 8.85. The maximum Gasteiger partial charge on any atom is 0.0738 e. The van der Waals surface area contributed by atoms with Gasteiger partial charge in [0.25, 0.3) is 0 Å². The number of nitrogens with zero attached hydrogens (tertiary/aromatic N) is 2. The largest absolute Gasteiger partial charge is 0.355 e. The lowest BCUT2D eigenvalue weighted by atomic mass is 9.78. The average molecular weight is 805 g/mol. The molecule has 0 radical (unpaired) electrons. The van der Waals surface area contributed by atoms with Crippen LogP contribution in [0.25, 0.3) is 79.8 Å². The minimum absolute atomic E-state index is 0.0413. The highest BCUT2D eigenvalue weighted by Crippen LogP contribution is 2.42. The Hall–Kier alpha value is -5.74. The van der Waals surface area contributed by atoms with E-state index in [2.05, 4.69) is 217 Å². The monoisotopic (exact) mass is 805 g/mol. The molecule has 0 amide bonds.